The molecule has 0 radical (unpaired) electrons. The Morgan fingerprint density at radius 1 is 1.17 bits per heavy atom. The molecular formula is C18H22ClN3O. The van der Waals surface area contributed by atoms with E-state index in [0.717, 1.165) is 43.1 Å². The highest BCUT2D eigenvalue weighted by Gasteiger charge is 2.22. The van der Waals surface area contributed by atoms with Gasteiger partial charge in [-0.1, -0.05) is 23.7 Å². The lowest BCUT2D eigenvalue weighted by atomic mass is 10.1. The molecule has 0 bridgehead atoms. The van der Waals surface area contributed by atoms with Gasteiger partial charge in [-0.25, -0.2) is 0 Å². The smallest absolute Gasteiger partial charge is 0.142 e. The lowest BCUT2D eigenvalue weighted by Crippen LogP contribution is -2.38. The van der Waals surface area contributed by atoms with Crippen LogP contribution in [0.4, 0.5) is 17.1 Å². The summed E-state index contributed by atoms with van der Waals surface area (Å²) in [5.74, 6) is 0.916. The molecule has 0 amide bonds. The second kappa shape index (κ2) is 7.01. The third kappa shape index (κ3) is 3.64. The first kappa shape index (κ1) is 15.8. The molecule has 3 rings (SSSR count). The second-order valence-electron chi connectivity index (χ2n) is 5.76. The van der Waals surface area contributed by atoms with Crippen molar-refractivity contribution in [2.24, 2.45) is 0 Å². The third-order valence-corrected chi connectivity index (χ3v) is 4.51. The van der Waals surface area contributed by atoms with Gasteiger partial charge < -0.3 is 20.7 Å². The Balaban J connectivity index is 1.62. The van der Waals surface area contributed by atoms with Crippen LogP contribution in [0, 0.1) is 0 Å². The van der Waals surface area contributed by atoms with E-state index in [4.69, 9.17) is 22.1 Å². The molecule has 1 heterocycles. The molecule has 0 spiro atoms. The Morgan fingerprint density at radius 2 is 1.91 bits per heavy atom. The van der Waals surface area contributed by atoms with Gasteiger partial charge in [0.25, 0.3) is 0 Å². The molecule has 122 valence electrons. The fourth-order valence-electron chi connectivity index (χ4n) is 2.95. The van der Waals surface area contributed by atoms with Gasteiger partial charge in [0, 0.05) is 38.7 Å². The average Bonchev–Trinajstić information content (AvgIpc) is 2.56. The molecule has 2 aromatic carbocycles. The molecule has 1 aliphatic rings. The molecular weight excluding hydrogens is 310 g/mol. The standard InChI is InChI=1S/C18H22ClN3O/c1-21-16-4-2-3-5-18(16)23-14-8-10-22(11-9-14)17-7-6-13(20)12-15(17)19/h2-7,12,14,21H,8-11,20H2,1H3. The van der Waals surface area contributed by atoms with Gasteiger partial charge in [-0.3, -0.25) is 0 Å². The molecule has 4 nitrogen and oxygen atoms in total. The Morgan fingerprint density at radius 3 is 2.61 bits per heavy atom. The summed E-state index contributed by atoms with van der Waals surface area (Å²) < 4.78 is 6.17. The molecule has 1 aliphatic heterocycles. The zero-order chi connectivity index (χ0) is 16.2. The summed E-state index contributed by atoms with van der Waals surface area (Å²) in [4.78, 5) is 2.30. The number of ether oxygens (including phenoxy) is 1. The number of nitrogens with two attached hydrogens (primary N) is 1. The van der Waals surface area contributed by atoms with E-state index in [2.05, 4.69) is 10.2 Å². The summed E-state index contributed by atoms with van der Waals surface area (Å²) in [6.45, 7) is 1.85. The van der Waals surface area contributed by atoms with Gasteiger partial charge in [0.2, 0.25) is 0 Å². The second-order valence-corrected chi connectivity index (χ2v) is 6.17. The van der Waals surface area contributed by atoms with E-state index in [1.54, 1.807) is 0 Å². The Kier molecular flexibility index (Phi) is 4.82. The van der Waals surface area contributed by atoms with Crippen LogP contribution in [0.3, 0.4) is 0 Å². The van der Waals surface area contributed by atoms with Crippen molar-refractivity contribution in [1.82, 2.24) is 0 Å². The lowest BCUT2D eigenvalue weighted by Gasteiger charge is -2.34. The topological polar surface area (TPSA) is 50.5 Å². The van der Waals surface area contributed by atoms with Crippen molar-refractivity contribution in [2.45, 2.75) is 18.9 Å². The van der Waals surface area contributed by atoms with E-state index >= 15 is 0 Å². The molecule has 1 fully saturated rings. The first-order valence-corrected chi connectivity index (χ1v) is 8.28. The van der Waals surface area contributed by atoms with Gasteiger partial charge >= 0.3 is 0 Å². The molecule has 23 heavy (non-hydrogen) atoms. The van der Waals surface area contributed by atoms with Gasteiger partial charge in [-0.15, -0.1) is 0 Å². The highest BCUT2D eigenvalue weighted by molar-refractivity contribution is 6.33. The highest BCUT2D eigenvalue weighted by Crippen LogP contribution is 2.32. The van der Waals surface area contributed by atoms with Crippen LogP contribution in [-0.2, 0) is 0 Å². The number of piperidine rings is 1. The number of nitrogens with zero attached hydrogens (tertiary/aromatic N) is 1. The minimum atomic E-state index is 0.230. The van der Waals surface area contributed by atoms with Crippen LogP contribution in [0.5, 0.6) is 5.75 Å². The monoisotopic (exact) mass is 331 g/mol. The summed E-state index contributed by atoms with van der Waals surface area (Å²) in [6, 6.07) is 13.7. The van der Waals surface area contributed by atoms with E-state index in [1.807, 2.05) is 49.5 Å². The van der Waals surface area contributed by atoms with Crippen molar-refractivity contribution in [2.75, 3.05) is 36.1 Å². The van der Waals surface area contributed by atoms with Crippen molar-refractivity contribution in [1.29, 1.82) is 0 Å². The van der Waals surface area contributed by atoms with E-state index in [1.165, 1.54) is 0 Å². The first-order valence-electron chi connectivity index (χ1n) is 7.91. The summed E-state index contributed by atoms with van der Waals surface area (Å²) >= 11 is 6.31. The molecule has 2 aromatic rings. The normalized spacial score (nSPS) is 15.5. The third-order valence-electron chi connectivity index (χ3n) is 4.20. The first-order chi connectivity index (χ1) is 11.2. The SMILES string of the molecule is CNc1ccccc1OC1CCN(c2ccc(N)cc2Cl)CC1. The number of hydrogen-bond acceptors (Lipinski definition) is 4. The maximum atomic E-state index is 6.31. The number of para-hydroxylation sites is 2. The van der Waals surface area contributed by atoms with Crippen LogP contribution in [0.1, 0.15) is 12.8 Å². The van der Waals surface area contributed by atoms with Crippen molar-refractivity contribution in [3.8, 4) is 5.75 Å². The molecule has 0 unspecified atom stereocenters. The Hall–Kier alpha value is -2.07. The molecule has 5 heteroatoms. The Labute approximate surface area is 142 Å². The number of nitrogens with one attached hydrogen (secondary N) is 1. The van der Waals surface area contributed by atoms with Crippen molar-refractivity contribution in [3.63, 3.8) is 0 Å². The van der Waals surface area contributed by atoms with E-state index in [9.17, 15) is 0 Å². The summed E-state index contributed by atoms with van der Waals surface area (Å²) in [5, 5.41) is 3.88. The van der Waals surface area contributed by atoms with Gasteiger partial charge in [-0.2, -0.15) is 0 Å². The fourth-order valence-corrected chi connectivity index (χ4v) is 3.26. The maximum Gasteiger partial charge on any atom is 0.142 e. The van der Waals surface area contributed by atoms with Gasteiger partial charge in [0.15, 0.2) is 0 Å². The van der Waals surface area contributed by atoms with Crippen LogP contribution in [0.25, 0.3) is 0 Å². The van der Waals surface area contributed by atoms with E-state index in [0.29, 0.717) is 10.7 Å². The number of nitrogen functional groups attached to an aromatic ring is 1. The van der Waals surface area contributed by atoms with Crippen LogP contribution in [0.2, 0.25) is 5.02 Å². The zero-order valence-electron chi connectivity index (χ0n) is 13.3. The van der Waals surface area contributed by atoms with Crippen molar-refractivity contribution >= 4 is 28.7 Å². The number of halogens is 1. The predicted octanol–water partition coefficient (Wildman–Crippen LogP) is 4.01. The number of benzene rings is 2. The quantitative estimate of drug-likeness (QED) is 0.831. The molecule has 0 aromatic heterocycles. The van der Waals surface area contributed by atoms with Crippen molar-refractivity contribution < 1.29 is 4.74 Å². The van der Waals surface area contributed by atoms with E-state index < -0.39 is 0 Å². The minimum Gasteiger partial charge on any atom is -0.488 e. The number of rotatable bonds is 4. The predicted molar refractivity (Wildman–Crippen MR) is 97.7 cm³/mol. The van der Waals surface area contributed by atoms with Gasteiger partial charge in [-0.05, 0) is 30.3 Å². The van der Waals surface area contributed by atoms with Crippen LogP contribution < -0.4 is 20.7 Å². The van der Waals surface area contributed by atoms with E-state index in [-0.39, 0.29) is 6.10 Å². The molecule has 0 aliphatic carbocycles. The summed E-state index contributed by atoms with van der Waals surface area (Å²) in [7, 11) is 1.91. The van der Waals surface area contributed by atoms with Crippen LogP contribution >= 0.6 is 11.6 Å². The van der Waals surface area contributed by atoms with Crippen LogP contribution in [0.15, 0.2) is 42.5 Å². The molecule has 3 N–H and O–H groups in total. The molecule has 0 atom stereocenters. The fraction of sp³-hybridized carbons (Fsp3) is 0.333. The molecule has 0 saturated carbocycles. The maximum absolute atomic E-state index is 6.31. The lowest BCUT2D eigenvalue weighted by molar-refractivity contribution is 0.172. The number of anilines is 3. The highest BCUT2D eigenvalue weighted by atomic mass is 35.5. The summed E-state index contributed by atoms with van der Waals surface area (Å²) in [5.41, 5.74) is 8.53. The largest absolute Gasteiger partial charge is 0.488 e. The zero-order valence-corrected chi connectivity index (χ0v) is 14.0. The minimum absolute atomic E-state index is 0.230. The average molecular weight is 332 g/mol. The summed E-state index contributed by atoms with van der Waals surface area (Å²) in [6.07, 6.45) is 2.17. The van der Waals surface area contributed by atoms with Crippen molar-refractivity contribution in [3.05, 3.63) is 47.5 Å². The number of hydrogen-bond donors (Lipinski definition) is 2. The van der Waals surface area contributed by atoms with Gasteiger partial charge in [0.05, 0.1) is 16.4 Å². The molecule has 1 saturated heterocycles. The van der Waals surface area contributed by atoms with Gasteiger partial charge in [0.1, 0.15) is 11.9 Å². The van der Waals surface area contributed by atoms with Crippen LogP contribution in [-0.4, -0.2) is 26.2 Å². The Bertz CT molecular complexity index is 669.